The molecule has 0 radical (unpaired) electrons. The fourth-order valence-electron chi connectivity index (χ4n) is 1.42. The lowest BCUT2D eigenvalue weighted by Gasteiger charge is -2.19. The molecular formula is C12H20N2. The lowest BCUT2D eigenvalue weighted by atomic mass is 10.1. The molecule has 1 rings (SSSR count). The molecule has 78 valence electrons. The van der Waals surface area contributed by atoms with Crippen molar-refractivity contribution in [2.24, 2.45) is 0 Å². The number of rotatable bonds is 5. The summed E-state index contributed by atoms with van der Waals surface area (Å²) in [6, 6.07) is 8.73. The quantitative estimate of drug-likeness (QED) is 0.766. The molecule has 0 bridgehead atoms. The predicted octanol–water partition coefficient (Wildman–Crippen LogP) is 1.90. The van der Waals surface area contributed by atoms with Crippen LogP contribution in [0, 0.1) is 0 Å². The fourth-order valence-corrected chi connectivity index (χ4v) is 1.42. The van der Waals surface area contributed by atoms with Gasteiger partial charge in [0.05, 0.1) is 0 Å². The van der Waals surface area contributed by atoms with E-state index >= 15 is 0 Å². The van der Waals surface area contributed by atoms with Crippen molar-refractivity contribution in [2.45, 2.75) is 13.3 Å². The summed E-state index contributed by atoms with van der Waals surface area (Å²) >= 11 is 0. The van der Waals surface area contributed by atoms with Gasteiger partial charge in [-0.25, -0.2) is 0 Å². The van der Waals surface area contributed by atoms with Crippen molar-refractivity contribution in [1.29, 1.82) is 0 Å². The van der Waals surface area contributed by atoms with Crippen LogP contribution in [0.25, 0.3) is 0 Å². The van der Waals surface area contributed by atoms with Gasteiger partial charge in [0.2, 0.25) is 0 Å². The van der Waals surface area contributed by atoms with Crippen molar-refractivity contribution < 1.29 is 0 Å². The van der Waals surface area contributed by atoms with E-state index in [1.54, 1.807) is 0 Å². The molecule has 0 heterocycles. The highest BCUT2D eigenvalue weighted by Crippen LogP contribution is 2.14. The molecule has 0 aromatic heterocycles. The molecule has 1 aromatic rings. The average Bonchev–Trinajstić information content (AvgIpc) is 2.26. The van der Waals surface area contributed by atoms with Crippen molar-refractivity contribution in [3.63, 3.8) is 0 Å². The van der Waals surface area contributed by atoms with Gasteiger partial charge in [-0.05, 0) is 31.2 Å². The molecule has 0 amide bonds. The van der Waals surface area contributed by atoms with Crippen LogP contribution >= 0.6 is 0 Å². The standard InChI is InChI=1S/C12H20N2/c1-4-11-6-5-7-12(10-11)14(3)9-8-13-2/h5-7,10,13H,4,8-9H2,1-3H3. The van der Waals surface area contributed by atoms with Gasteiger partial charge in [0.15, 0.2) is 0 Å². The Morgan fingerprint density at radius 2 is 2.14 bits per heavy atom. The molecule has 0 unspecified atom stereocenters. The molecule has 0 saturated carbocycles. The molecule has 14 heavy (non-hydrogen) atoms. The van der Waals surface area contributed by atoms with Gasteiger partial charge < -0.3 is 10.2 Å². The van der Waals surface area contributed by atoms with E-state index in [1.165, 1.54) is 11.3 Å². The third-order valence-electron chi connectivity index (χ3n) is 2.46. The Bertz CT molecular complexity index is 271. The van der Waals surface area contributed by atoms with E-state index in [-0.39, 0.29) is 0 Å². The number of hydrogen-bond donors (Lipinski definition) is 1. The van der Waals surface area contributed by atoms with Crippen LogP contribution < -0.4 is 10.2 Å². The molecule has 0 fully saturated rings. The van der Waals surface area contributed by atoms with E-state index in [0.717, 1.165) is 19.5 Å². The van der Waals surface area contributed by atoms with E-state index < -0.39 is 0 Å². The van der Waals surface area contributed by atoms with Crippen molar-refractivity contribution in [1.82, 2.24) is 5.32 Å². The summed E-state index contributed by atoms with van der Waals surface area (Å²) in [5.41, 5.74) is 2.71. The molecule has 0 atom stereocenters. The van der Waals surface area contributed by atoms with Gasteiger partial charge in [0, 0.05) is 25.8 Å². The van der Waals surface area contributed by atoms with E-state index in [9.17, 15) is 0 Å². The van der Waals surface area contributed by atoms with Crippen LogP contribution in [0.5, 0.6) is 0 Å². The maximum absolute atomic E-state index is 3.16. The topological polar surface area (TPSA) is 15.3 Å². The summed E-state index contributed by atoms with van der Waals surface area (Å²) in [6.07, 6.45) is 1.10. The summed E-state index contributed by atoms with van der Waals surface area (Å²) in [4.78, 5) is 2.27. The van der Waals surface area contributed by atoms with Crippen LogP contribution in [0.1, 0.15) is 12.5 Å². The van der Waals surface area contributed by atoms with Gasteiger partial charge >= 0.3 is 0 Å². The van der Waals surface area contributed by atoms with Gasteiger partial charge in [-0.3, -0.25) is 0 Å². The molecule has 2 nitrogen and oxygen atoms in total. The fraction of sp³-hybridized carbons (Fsp3) is 0.500. The second kappa shape index (κ2) is 5.66. The maximum Gasteiger partial charge on any atom is 0.0366 e. The number of aryl methyl sites for hydroxylation is 1. The monoisotopic (exact) mass is 192 g/mol. The summed E-state index contributed by atoms with van der Waals surface area (Å²) in [5, 5.41) is 3.16. The Morgan fingerprint density at radius 1 is 1.36 bits per heavy atom. The first-order valence-corrected chi connectivity index (χ1v) is 5.22. The number of likely N-dealkylation sites (N-methyl/N-ethyl adjacent to an activating group) is 2. The van der Waals surface area contributed by atoms with Gasteiger partial charge in [0.1, 0.15) is 0 Å². The highest BCUT2D eigenvalue weighted by Gasteiger charge is 1.99. The van der Waals surface area contributed by atoms with Crippen molar-refractivity contribution in [3.8, 4) is 0 Å². The first-order chi connectivity index (χ1) is 6.77. The summed E-state index contributed by atoms with van der Waals surface area (Å²) in [6.45, 7) is 4.25. The van der Waals surface area contributed by atoms with Crippen molar-refractivity contribution >= 4 is 5.69 Å². The summed E-state index contributed by atoms with van der Waals surface area (Å²) in [7, 11) is 4.11. The van der Waals surface area contributed by atoms with Crippen LogP contribution in [0.2, 0.25) is 0 Å². The second-order valence-corrected chi connectivity index (χ2v) is 3.55. The van der Waals surface area contributed by atoms with Crippen molar-refractivity contribution in [3.05, 3.63) is 29.8 Å². The second-order valence-electron chi connectivity index (χ2n) is 3.55. The van der Waals surface area contributed by atoms with E-state index in [4.69, 9.17) is 0 Å². The zero-order valence-corrected chi connectivity index (χ0v) is 9.38. The molecule has 0 aliphatic heterocycles. The van der Waals surface area contributed by atoms with E-state index in [2.05, 4.69) is 48.5 Å². The van der Waals surface area contributed by atoms with Gasteiger partial charge in [0.25, 0.3) is 0 Å². The van der Waals surface area contributed by atoms with Crippen LogP contribution in [0.4, 0.5) is 5.69 Å². The SMILES string of the molecule is CCc1cccc(N(C)CCNC)c1. The molecule has 0 saturated heterocycles. The predicted molar refractivity (Wildman–Crippen MR) is 63.0 cm³/mol. The summed E-state index contributed by atoms with van der Waals surface area (Å²) < 4.78 is 0. The minimum absolute atomic E-state index is 1.02. The number of benzene rings is 1. The Labute approximate surface area is 86.9 Å². The van der Waals surface area contributed by atoms with Crippen molar-refractivity contribution in [2.75, 3.05) is 32.1 Å². The Morgan fingerprint density at radius 3 is 2.79 bits per heavy atom. The van der Waals surface area contributed by atoms with E-state index in [1.807, 2.05) is 7.05 Å². The zero-order valence-electron chi connectivity index (χ0n) is 9.38. The number of nitrogens with zero attached hydrogens (tertiary/aromatic N) is 1. The molecule has 0 aliphatic rings. The molecule has 1 aromatic carbocycles. The molecule has 0 spiro atoms. The molecule has 1 N–H and O–H groups in total. The molecule has 2 heteroatoms. The van der Waals surface area contributed by atoms with Crippen LogP contribution in [0.15, 0.2) is 24.3 Å². The molecule has 0 aliphatic carbocycles. The van der Waals surface area contributed by atoms with Gasteiger partial charge in [-0.2, -0.15) is 0 Å². The number of nitrogens with one attached hydrogen (secondary N) is 1. The lowest BCUT2D eigenvalue weighted by Crippen LogP contribution is -2.27. The summed E-state index contributed by atoms with van der Waals surface area (Å²) in [5.74, 6) is 0. The average molecular weight is 192 g/mol. The Hall–Kier alpha value is -1.02. The first-order valence-electron chi connectivity index (χ1n) is 5.22. The van der Waals surface area contributed by atoms with Gasteiger partial charge in [-0.15, -0.1) is 0 Å². The van der Waals surface area contributed by atoms with E-state index in [0.29, 0.717) is 0 Å². The van der Waals surface area contributed by atoms with Crippen LogP contribution in [-0.4, -0.2) is 27.2 Å². The van der Waals surface area contributed by atoms with Crippen LogP contribution in [0.3, 0.4) is 0 Å². The first kappa shape index (κ1) is 11.1. The maximum atomic E-state index is 3.16. The zero-order chi connectivity index (χ0) is 10.4. The third kappa shape index (κ3) is 3.04. The smallest absolute Gasteiger partial charge is 0.0366 e. The Kier molecular flexibility index (Phi) is 4.47. The number of anilines is 1. The highest BCUT2D eigenvalue weighted by atomic mass is 15.1. The van der Waals surface area contributed by atoms with Gasteiger partial charge in [-0.1, -0.05) is 19.1 Å². The minimum atomic E-state index is 1.02. The normalized spacial score (nSPS) is 10.2. The minimum Gasteiger partial charge on any atom is -0.373 e. The lowest BCUT2D eigenvalue weighted by molar-refractivity contribution is 0.767. The highest BCUT2D eigenvalue weighted by molar-refractivity contribution is 5.47. The molecular weight excluding hydrogens is 172 g/mol. The largest absolute Gasteiger partial charge is 0.373 e. The third-order valence-corrected chi connectivity index (χ3v) is 2.46. The van der Waals surface area contributed by atoms with Crippen LogP contribution in [-0.2, 0) is 6.42 Å². The Balaban J connectivity index is 2.64. The number of hydrogen-bond acceptors (Lipinski definition) is 2.